The molecule has 0 spiro atoms. The highest BCUT2D eigenvalue weighted by atomic mass is 16.3. The highest BCUT2D eigenvalue weighted by Crippen LogP contribution is 2.18. The zero-order chi connectivity index (χ0) is 9.19. The van der Waals surface area contributed by atoms with Crippen molar-refractivity contribution in [2.24, 2.45) is 0 Å². The van der Waals surface area contributed by atoms with Gasteiger partial charge in [0.2, 0.25) is 0 Å². The second kappa shape index (κ2) is 3.11. The first kappa shape index (κ1) is 9.00. The number of hydrogen-bond donors (Lipinski definition) is 2. The minimum absolute atomic E-state index is 0.675. The number of rotatable bonds is 2. The second-order valence-electron chi connectivity index (χ2n) is 3.22. The summed E-state index contributed by atoms with van der Waals surface area (Å²) >= 11 is 0. The molecule has 1 aromatic rings. The highest BCUT2D eigenvalue weighted by molar-refractivity contribution is 5.35. The fourth-order valence-electron chi connectivity index (χ4n) is 0.915. The Morgan fingerprint density at radius 2 is 2.08 bits per heavy atom. The Bertz CT molecular complexity index is 265. The van der Waals surface area contributed by atoms with E-state index >= 15 is 0 Å². The third kappa shape index (κ3) is 1.95. The van der Waals surface area contributed by atoms with E-state index in [0.717, 1.165) is 5.82 Å². The molecule has 0 bridgehead atoms. The summed E-state index contributed by atoms with van der Waals surface area (Å²) in [7, 11) is 1.80. The van der Waals surface area contributed by atoms with Gasteiger partial charge in [-0.15, -0.1) is 0 Å². The van der Waals surface area contributed by atoms with E-state index in [9.17, 15) is 5.11 Å². The van der Waals surface area contributed by atoms with Crippen LogP contribution in [0.2, 0.25) is 0 Å². The molecule has 1 aromatic heterocycles. The fourth-order valence-corrected chi connectivity index (χ4v) is 0.915. The summed E-state index contributed by atoms with van der Waals surface area (Å²) < 4.78 is 0. The van der Waals surface area contributed by atoms with Gasteiger partial charge in [0.15, 0.2) is 0 Å². The molecule has 12 heavy (non-hydrogen) atoms. The molecule has 0 unspecified atom stereocenters. The lowest BCUT2D eigenvalue weighted by molar-refractivity contribution is 0.0740. The van der Waals surface area contributed by atoms with Crippen molar-refractivity contribution in [1.29, 1.82) is 0 Å². The van der Waals surface area contributed by atoms with Crippen LogP contribution >= 0.6 is 0 Å². The highest BCUT2D eigenvalue weighted by Gasteiger charge is 2.17. The van der Waals surface area contributed by atoms with E-state index < -0.39 is 5.60 Å². The van der Waals surface area contributed by atoms with E-state index in [1.807, 2.05) is 12.1 Å². The summed E-state index contributed by atoms with van der Waals surface area (Å²) in [5, 5.41) is 12.5. The molecular weight excluding hydrogens is 152 g/mol. The maximum Gasteiger partial charge on any atom is 0.126 e. The number of aromatic nitrogens is 1. The Morgan fingerprint density at radius 1 is 1.42 bits per heavy atom. The maximum absolute atomic E-state index is 9.62. The topological polar surface area (TPSA) is 45.1 Å². The van der Waals surface area contributed by atoms with E-state index in [1.54, 1.807) is 27.0 Å². The number of nitrogens with one attached hydrogen (secondary N) is 1. The molecule has 0 aliphatic heterocycles. The molecule has 3 nitrogen and oxygen atoms in total. The molecule has 0 amide bonds. The molecule has 2 N–H and O–H groups in total. The lowest BCUT2D eigenvalue weighted by Gasteiger charge is -2.16. The Morgan fingerprint density at radius 3 is 2.58 bits per heavy atom. The molecule has 0 saturated heterocycles. The monoisotopic (exact) mass is 166 g/mol. The summed E-state index contributed by atoms with van der Waals surface area (Å²) in [6.45, 7) is 3.43. The minimum Gasteiger partial charge on any atom is -0.384 e. The zero-order valence-corrected chi connectivity index (χ0v) is 7.63. The van der Waals surface area contributed by atoms with Crippen molar-refractivity contribution in [3.05, 3.63) is 23.9 Å². The van der Waals surface area contributed by atoms with Gasteiger partial charge in [0.1, 0.15) is 11.4 Å². The lowest BCUT2D eigenvalue weighted by atomic mass is 10.1. The Balaban J connectivity index is 3.02. The smallest absolute Gasteiger partial charge is 0.126 e. The third-order valence-corrected chi connectivity index (χ3v) is 1.63. The van der Waals surface area contributed by atoms with Crippen LogP contribution in [0.1, 0.15) is 19.5 Å². The normalized spacial score (nSPS) is 11.3. The van der Waals surface area contributed by atoms with Gasteiger partial charge in [0.25, 0.3) is 0 Å². The van der Waals surface area contributed by atoms with Crippen LogP contribution in [0.4, 0.5) is 5.82 Å². The van der Waals surface area contributed by atoms with Crippen molar-refractivity contribution < 1.29 is 5.11 Å². The van der Waals surface area contributed by atoms with Gasteiger partial charge in [-0.25, -0.2) is 4.98 Å². The molecule has 0 fully saturated rings. The van der Waals surface area contributed by atoms with Gasteiger partial charge in [0.05, 0.1) is 5.69 Å². The summed E-state index contributed by atoms with van der Waals surface area (Å²) in [5.74, 6) is 0.773. The molecule has 1 heterocycles. The maximum atomic E-state index is 9.62. The summed E-state index contributed by atoms with van der Waals surface area (Å²) in [5.41, 5.74) is -0.193. The number of nitrogens with zero attached hydrogens (tertiary/aromatic N) is 1. The molecule has 1 rings (SSSR count). The van der Waals surface area contributed by atoms with Crippen LogP contribution in [0, 0.1) is 0 Å². The van der Waals surface area contributed by atoms with Gasteiger partial charge >= 0.3 is 0 Å². The van der Waals surface area contributed by atoms with Gasteiger partial charge in [-0.05, 0) is 26.0 Å². The predicted octanol–water partition coefficient (Wildman–Crippen LogP) is 1.35. The summed E-state index contributed by atoms with van der Waals surface area (Å²) in [6.07, 6.45) is 0. The Kier molecular flexibility index (Phi) is 2.33. The van der Waals surface area contributed by atoms with Crippen LogP contribution in [0.5, 0.6) is 0 Å². The first-order valence-electron chi connectivity index (χ1n) is 3.91. The second-order valence-corrected chi connectivity index (χ2v) is 3.22. The van der Waals surface area contributed by atoms with Gasteiger partial charge in [-0.2, -0.15) is 0 Å². The Labute approximate surface area is 72.5 Å². The summed E-state index contributed by atoms with van der Waals surface area (Å²) in [6, 6.07) is 5.53. The van der Waals surface area contributed by atoms with Crippen molar-refractivity contribution in [1.82, 2.24) is 4.98 Å². The van der Waals surface area contributed by atoms with Crippen LogP contribution in [-0.4, -0.2) is 17.1 Å². The van der Waals surface area contributed by atoms with E-state index in [0.29, 0.717) is 5.69 Å². The van der Waals surface area contributed by atoms with Gasteiger partial charge < -0.3 is 10.4 Å². The van der Waals surface area contributed by atoms with Crippen LogP contribution < -0.4 is 5.32 Å². The molecule has 0 aliphatic rings. The van der Waals surface area contributed by atoms with E-state index in [4.69, 9.17) is 0 Å². The fraction of sp³-hybridized carbons (Fsp3) is 0.444. The number of hydrogen-bond acceptors (Lipinski definition) is 3. The molecule has 0 aliphatic carbocycles. The minimum atomic E-state index is -0.868. The first-order chi connectivity index (χ1) is 5.54. The van der Waals surface area contributed by atoms with Crippen LogP contribution in [-0.2, 0) is 5.60 Å². The zero-order valence-electron chi connectivity index (χ0n) is 7.63. The Hall–Kier alpha value is -1.09. The molecule has 0 atom stereocenters. The average Bonchev–Trinajstić information content (AvgIpc) is 2.03. The first-order valence-corrected chi connectivity index (χ1v) is 3.91. The largest absolute Gasteiger partial charge is 0.384 e. The molecule has 0 radical (unpaired) electrons. The van der Waals surface area contributed by atoms with Crippen molar-refractivity contribution in [2.45, 2.75) is 19.4 Å². The molecule has 0 aromatic carbocycles. The number of pyridine rings is 1. The summed E-state index contributed by atoms with van der Waals surface area (Å²) in [4.78, 5) is 4.20. The average molecular weight is 166 g/mol. The van der Waals surface area contributed by atoms with Crippen molar-refractivity contribution >= 4 is 5.82 Å². The lowest BCUT2D eigenvalue weighted by Crippen LogP contribution is -2.17. The predicted molar refractivity (Wildman–Crippen MR) is 49.0 cm³/mol. The molecule has 0 saturated carbocycles. The van der Waals surface area contributed by atoms with E-state index in [-0.39, 0.29) is 0 Å². The quantitative estimate of drug-likeness (QED) is 0.697. The molecule has 66 valence electrons. The molecule has 3 heteroatoms. The third-order valence-electron chi connectivity index (χ3n) is 1.63. The number of anilines is 1. The number of aliphatic hydroxyl groups is 1. The standard InChI is InChI=1S/C9H14N2O/c1-9(2,12)7-5-4-6-8(10-3)11-7/h4-6,12H,1-3H3,(H,10,11). The van der Waals surface area contributed by atoms with Crippen molar-refractivity contribution in [2.75, 3.05) is 12.4 Å². The SMILES string of the molecule is CNc1cccc(C(C)(C)O)n1. The molecular formula is C9H14N2O. The van der Waals surface area contributed by atoms with Gasteiger partial charge in [-0.1, -0.05) is 6.07 Å². The van der Waals surface area contributed by atoms with Crippen molar-refractivity contribution in [3.63, 3.8) is 0 Å². The van der Waals surface area contributed by atoms with Gasteiger partial charge in [-0.3, -0.25) is 0 Å². The van der Waals surface area contributed by atoms with Crippen LogP contribution in [0.15, 0.2) is 18.2 Å². The van der Waals surface area contributed by atoms with Crippen LogP contribution in [0.3, 0.4) is 0 Å². The van der Waals surface area contributed by atoms with Crippen molar-refractivity contribution in [3.8, 4) is 0 Å². The van der Waals surface area contributed by atoms with Crippen LogP contribution in [0.25, 0.3) is 0 Å². The van der Waals surface area contributed by atoms with E-state index in [2.05, 4.69) is 10.3 Å². The van der Waals surface area contributed by atoms with Gasteiger partial charge in [0, 0.05) is 7.05 Å². The van der Waals surface area contributed by atoms with E-state index in [1.165, 1.54) is 0 Å².